The third-order valence-corrected chi connectivity index (χ3v) is 2.21. The van der Waals surface area contributed by atoms with Crippen molar-refractivity contribution in [3.8, 4) is 0 Å². The molecule has 0 spiro atoms. The minimum atomic E-state index is -0.0909. The number of hydrogen-bond acceptors (Lipinski definition) is 2. The van der Waals surface area contributed by atoms with E-state index in [0.29, 0.717) is 6.61 Å². The van der Waals surface area contributed by atoms with Crippen LogP contribution in [0.2, 0.25) is 0 Å². The highest BCUT2D eigenvalue weighted by molar-refractivity contribution is 5.57. The Bertz CT molecular complexity index is 164. The SMILES string of the molecule is CCCC/C=C/[C@@H](C=O)[C@H](C)OCC. The Morgan fingerprint density at radius 2 is 2.07 bits per heavy atom. The Kier molecular flexibility index (Phi) is 8.54. The molecule has 0 aliphatic rings. The second-order valence-corrected chi connectivity index (χ2v) is 3.44. The number of hydrogen-bond donors (Lipinski definition) is 0. The first-order valence-electron chi connectivity index (χ1n) is 5.49. The van der Waals surface area contributed by atoms with E-state index >= 15 is 0 Å². The maximum atomic E-state index is 10.8. The van der Waals surface area contributed by atoms with E-state index in [4.69, 9.17) is 4.74 Å². The maximum absolute atomic E-state index is 10.8. The lowest BCUT2D eigenvalue weighted by Crippen LogP contribution is -2.20. The standard InChI is InChI=1S/C12H22O2/c1-4-6-7-8-9-12(10-13)11(3)14-5-2/h8-12H,4-7H2,1-3H3/b9-8+/t11-,12-/m0/s1. The van der Waals surface area contributed by atoms with Crippen molar-refractivity contribution in [1.82, 2.24) is 0 Å². The molecule has 0 bridgehead atoms. The van der Waals surface area contributed by atoms with E-state index in [9.17, 15) is 4.79 Å². The summed E-state index contributed by atoms with van der Waals surface area (Å²) in [5.74, 6) is -0.0909. The van der Waals surface area contributed by atoms with Gasteiger partial charge in [-0.1, -0.05) is 31.9 Å². The summed E-state index contributed by atoms with van der Waals surface area (Å²) in [6.45, 7) is 6.70. The van der Waals surface area contributed by atoms with Gasteiger partial charge in [0.05, 0.1) is 12.0 Å². The number of aldehydes is 1. The van der Waals surface area contributed by atoms with Gasteiger partial charge in [-0.2, -0.15) is 0 Å². The average molecular weight is 198 g/mol. The first kappa shape index (κ1) is 13.4. The van der Waals surface area contributed by atoms with E-state index in [1.54, 1.807) is 0 Å². The van der Waals surface area contributed by atoms with E-state index in [-0.39, 0.29) is 12.0 Å². The molecule has 0 fully saturated rings. The molecule has 0 aromatic rings. The van der Waals surface area contributed by atoms with Crippen molar-refractivity contribution < 1.29 is 9.53 Å². The largest absolute Gasteiger partial charge is 0.378 e. The van der Waals surface area contributed by atoms with Crippen LogP contribution in [0.3, 0.4) is 0 Å². The van der Waals surface area contributed by atoms with Crippen molar-refractivity contribution in [1.29, 1.82) is 0 Å². The summed E-state index contributed by atoms with van der Waals surface area (Å²) in [6, 6.07) is 0. The molecule has 0 saturated heterocycles. The third kappa shape index (κ3) is 5.92. The van der Waals surface area contributed by atoms with Crippen LogP contribution in [0.25, 0.3) is 0 Å². The average Bonchev–Trinajstić information content (AvgIpc) is 2.18. The Labute approximate surface area is 87.3 Å². The predicted octanol–water partition coefficient (Wildman–Crippen LogP) is 2.97. The van der Waals surface area contributed by atoms with Gasteiger partial charge in [-0.3, -0.25) is 0 Å². The van der Waals surface area contributed by atoms with E-state index in [2.05, 4.69) is 13.0 Å². The zero-order chi connectivity index (χ0) is 10.8. The fourth-order valence-electron chi connectivity index (χ4n) is 1.26. The number of allylic oxidation sites excluding steroid dienone is 1. The van der Waals surface area contributed by atoms with Crippen LogP contribution in [0.5, 0.6) is 0 Å². The molecule has 2 heteroatoms. The topological polar surface area (TPSA) is 26.3 Å². The quantitative estimate of drug-likeness (QED) is 0.340. The van der Waals surface area contributed by atoms with Gasteiger partial charge in [-0.15, -0.1) is 0 Å². The molecule has 0 rings (SSSR count). The zero-order valence-electron chi connectivity index (χ0n) is 9.53. The van der Waals surface area contributed by atoms with Gasteiger partial charge in [0.25, 0.3) is 0 Å². The molecule has 2 nitrogen and oxygen atoms in total. The molecule has 0 N–H and O–H groups in total. The van der Waals surface area contributed by atoms with Crippen LogP contribution in [0.15, 0.2) is 12.2 Å². The first-order chi connectivity index (χ1) is 6.76. The highest BCUT2D eigenvalue weighted by atomic mass is 16.5. The molecule has 0 aliphatic heterocycles. The number of ether oxygens (including phenoxy) is 1. The van der Waals surface area contributed by atoms with Crippen LogP contribution in [0.1, 0.15) is 40.0 Å². The van der Waals surface area contributed by atoms with Crippen molar-refractivity contribution in [2.75, 3.05) is 6.61 Å². The molecule has 0 aromatic heterocycles. The van der Waals surface area contributed by atoms with Gasteiger partial charge in [0, 0.05) is 6.61 Å². The second-order valence-electron chi connectivity index (χ2n) is 3.44. The van der Waals surface area contributed by atoms with Gasteiger partial charge >= 0.3 is 0 Å². The summed E-state index contributed by atoms with van der Waals surface area (Å²) < 4.78 is 5.37. The second kappa shape index (κ2) is 8.95. The van der Waals surface area contributed by atoms with Crippen LogP contribution >= 0.6 is 0 Å². The van der Waals surface area contributed by atoms with E-state index in [1.165, 1.54) is 12.8 Å². The van der Waals surface area contributed by atoms with Gasteiger partial charge < -0.3 is 9.53 Å². The minimum Gasteiger partial charge on any atom is -0.378 e. The van der Waals surface area contributed by atoms with Crippen LogP contribution in [0, 0.1) is 5.92 Å². The molecular formula is C12H22O2. The molecule has 0 aliphatic carbocycles. The Morgan fingerprint density at radius 1 is 1.36 bits per heavy atom. The molecule has 82 valence electrons. The lowest BCUT2D eigenvalue weighted by Gasteiger charge is -2.14. The van der Waals surface area contributed by atoms with Crippen LogP contribution < -0.4 is 0 Å². The molecular weight excluding hydrogens is 176 g/mol. The first-order valence-corrected chi connectivity index (χ1v) is 5.49. The number of carbonyl (C=O) groups is 1. The summed E-state index contributed by atoms with van der Waals surface area (Å²) in [7, 11) is 0. The van der Waals surface area contributed by atoms with Crippen molar-refractivity contribution in [3.63, 3.8) is 0 Å². The molecule has 14 heavy (non-hydrogen) atoms. The summed E-state index contributed by atoms with van der Waals surface area (Å²) >= 11 is 0. The van der Waals surface area contributed by atoms with Crippen molar-refractivity contribution in [3.05, 3.63) is 12.2 Å². The highest BCUT2D eigenvalue weighted by Gasteiger charge is 2.12. The lowest BCUT2D eigenvalue weighted by atomic mass is 10.0. The van der Waals surface area contributed by atoms with Crippen molar-refractivity contribution >= 4 is 6.29 Å². The summed E-state index contributed by atoms with van der Waals surface area (Å²) in [6.07, 6.45) is 8.43. The van der Waals surface area contributed by atoms with E-state index < -0.39 is 0 Å². The minimum absolute atomic E-state index is 0.00428. The van der Waals surface area contributed by atoms with E-state index in [1.807, 2.05) is 19.9 Å². The van der Waals surface area contributed by atoms with Gasteiger partial charge in [-0.25, -0.2) is 0 Å². The maximum Gasteiger partial charge on any atom is 0.129 e. The van der Waals surface area contributed by atoms with Crippen molar-refractivity contribution in [2.45, 2.75) is 46.1 Å². The summed E-state index contributed by atoms with van der Waals surface area (Å²) in [5, 5.41) is 0. The van der Waals surface area contributed by atoms with Crippen LogP contribution in [0.4, 0.5) is 0 Å². The highest BCUT2D eigenvalue weighted by Crippen LogP contribution is 2.08. The molecule has 0 heterocycles. The Morgan fingerprint density at radius 3 is 2.57 bits per heavy atom. The lowest BCUT2D eigenvalue weighted by molar-refractivity contribution is -0.113. The van der Waals surface area contributed by atoms with Crippen LogP contribution in [-0.2, 0) is 9.53 Å². The number of unbranched alkanes of at least 4 members (excludes halogenated alkanes) is 2. The monoisotopic (exact) mass is 198 g/mol. The molecule has 2 atom stereocenters. The summed E-state index contributed by atoms with van der Waals surface area (Å²) in [4.78, 5) is 10.8. The fraction of sp³-hybridized carbons (Fsp3) is 0.750. The number of rotatable bonds is 8. The normalized spacial score (nSPS) is 15.6. The van der Waals surface area contributed by atoms with Crippen molar-refractivity contribution in [2.24, 2.45) is 5.92 Å². The van der Waals surface area contributed by atoms with E-state index in [0.717, 1.165) is 12.7 Å². The summed E-state index contributed by atoms with van der Waals surface area (Å²) in [5.41, 5.74) is 0. The number of carbonyl (C=O) groups excluding carboxylic acids is 1. The predicted molar refractivity (Wildman–Crippen MR) is 59.3 cm³/mol. The third-order valence-electron chi connectivity index (χ3n) is 2.21. The molecule has 0 amide bonds. The molecule has 0 unspecified atom stereocenters. The fourth-order valence-corrected chi connectivity index (χ4v) is 1.26. The smallest absolute Gasteiger partial charge is 0.129 e. The van der Waals surface area contributed by atoms with Gasteiger partial charge in [0.1, 0.15) is 6.29 Å². The van der Waals surface area contributed by atoms with Gasteiger partial charge in [-0.05, 0) is 20.3 Å². The Hall–Kier alpha value is -0.630. The Balaban J connectivity index is 3.87. The van der Waals surface area contributed by atoms with Crippen LogP contribution in [-0.4, -0.2) is 19.0 Å². The zero-order valence-corrected chi connectivity index (χ0v) is 9.53. The molecule has 0 aromatic carbocycles. The van der Waals surface area contributed by atoms with Gasteiger partial charge in [0.2, 0.25) is 0 Å². The molecule has 0 radical (unpaired) electrons. The van der Waals surface area contributed by atoms with Gasteiger partial charge in [0.15, 0.2) is 0 Å². The molecule has 0 saturated carbocycles.